The van der Waals surface area contributed by atoms with Crippen LogP contribution < -0.4 is 15.1 Å². The SMILES string of the molecule is CC(C)(C)NC(=O)C[NH+]1CC[NH+](Cn2nc(-c3ccccc3Cl)oc2=S)CC1. The maximum Gasteiger partial charge on any atom is 0.292 e. The normalized spacial score (nSPS) is 20.1. The second-order valence-corrected chi connectivity index (χ2v) is 9.04. The van der Waals surface area contributed by atoms with Gasteiger partial charge in [-0.1, -0.05) is 23.7 Å². The molecule has 28 heavy (non-hydrogen) atoms. The van der Waals surface area contributed by atoms with Gasteiger partial charge < -0.3 is 19.5 Å². The second kappa shape index (κ2) is 8.73. The molecule has 0 saturated carbocycles. The summed E-state index contributed by atoms with van der Waals surface area (Å²) in [6.45, 7) is 11.0. The van der Waals surface area contributed by atoms with Crippen LogP contribution in [0.4, 0.5) is 0 Å². The lowest BCUT2D eigenvalue weighted by molar-refractivity contribution is -1.02. The largest absolute Gasteiger partial charge is 0.409 e. The third kappa shape index (κ3) is 5.64. The van der Waals surface area contributed by atoms with Crippen molar-refractivity contribution in [2.75, 3.05) is 32.7 Å². The van der Waals surface area contributed by atoms with Gasteiger partial charge >= 0.3 is 0 Å². The number of halogens is 1. The van der Waals surface area contributed by atoms with Crippen LogP contribution in [0.5, 0.6) is 0 Å². The van der Waals surface area contributed by atoms with E-state index >= 15 is 0 Å². The first-order valence-corrected chi connectivity index (χ1v) is 10.3. The minimum absolute atomic E-state index is 0.106. The Morgan fingerprint density at radius 1 is 1.25 bits per heavy atom. The number of quaternary nitrogens is 2. The molecule has 1 aliphatic rings. The summed E-state index contributed by atoms with van der Waals surface area (Å²) in [6.07, 6.45) is 0. The van der Waals surface area contributed by atoms with Gasteiger partial charge in [0.15, 0.2) is 13.2 Å². The van der Waals surface area contributed by atoms with Crippen LogP contribution in [0, 0.1) is 4.84 Å². The first-order valence-electron chi connectivity index (χ1n) is 9.52. The molecule has 1 aromatic heterocycles. The van der Waals surface area contributed by atoms with E-state index in [9.17, 15) is 4.79 Å². The fraction of sp³-hybridized carbons (Fsp3) is 0.526. The van der Waals surface area contributed by atoms with Gasteiger partial charge in [-0.15, -0.1) is 5.10 Å². The van der Waals surface area contributed by atoms with E-state index in [4.69, 9.17) is 28.2 Å². The van der Waals surface area contributed by atoms with Gasteiger partial charge in [-0.2, -0.15) is 4.68 Å². The van der Waals surface area contributed by atoms with Crippen molar-refractivity contribution in [1.29, 1.82) is 0 Å². The first-order chi connectivity index (χ1) is 13.2. The Balaban J connectivity index is 1.55. The van der Waals surface area contributed by atoms with Gasteiger partial charge in [0.05, 0.1) is 10.6 Å². The quantitative estimate of drug-likeness (QED) is 0.598. The molecule has 0 radical (unpaired) electrons. The standard InChI is InChI=1S/C19H26ClN5O2S/c1-19(2,3)21-16(26)12-23-8-10-24(11-9-23)13-25-18(28)27-17(22-25)14-6-4-5-7-15(14)20/h4-7H,8-13H2,1-3H3,(H,21,26)/p+2. The Kier molecular flexibility index (Phi) is 6.54. The molecule has 0 bridgehead atoms. The number of carbonyl (C=O) groups is 1. The van der Waals surface area contributed by atoms with Crippen LogP contribution in [-0.2, 0) is 11.5 Å². The van der Waals surface area contributed by atoms with Gasteiger partial charge in [-0.3, -0.25) is 4.79 Å². The third-order valence-electron chi connectivity index (χ3n) is 4.67. The zero-order valence-electron chi connectivity index (χ0n) is 16.5. The van der Waals surface area contributed by atoms with Crippen LogP contribution >= 0.6 is 23.8 Å². The highest BCUT2D eigenvalue weighted by Gasteiger charge is 2.27. The monoisotopic (exact) mass is 425 g/mol. The van der Waals surface area contributed by atoms with Gasteiger partial charge in [0.25, 0.3) is 10.7 Å². The third-order valence-corrected chi connectivity index (χ3v) is 5.30. The number of hydrogen-bond acceptors (Lipinski definition) is 4. The minimum Gasteiger partial charge on any atom is -0.409 e. The number of piperazine rings is 1. The molecular weight excluding hydrogens is 398 g/mol. The number of benzene rings is 1. The zero-order valence-corrected chi connectivity index (χ0v) is 18.1. The molecular formula is C19H28ClN5O2S+2. The lowest BCUT2D eigenvalue weighted by Crippen LogP contribution is -3.28. The highest BCUT2D eigenvalue weighted by Crippen LogP contribution is 2.25. The Morgan fingerprint density at radius 3 is 2.54 bits per heavy atom. The van der Waals surface area contributed by atoms with E-state index in [-0.39, 0.29) is 11.4 Å². The lowest BCUT2D eigenvalue weighted by atomic mass is 10.1. The molecule has 0 unspecified atom stereocenters. The summed E-state index contributed by atoms with van der Waals surface area (Å²) < 4.78 is 7.38. The highest BCUT2D eigenvalue weighted by molar-refractivity contribution is 7.71. The zero-order chi connectivity index (χ0) is 20.3. The molecule has 3 N–H and O–H groups in total. The maximum atomic E-state index is 12.1. The Labute approximate surface area is 175 Å². The molecule has 2 heterocycles. The van der Waals surface area contributed by atoms with Crippen LogP contribution in [0.15, 0.2) is 28.7 Å². The molecule has 152 valence electrons. The van der Waals surface area contributed by atoms with Crippen LogP contribution in [0.2, 0.25) is 5.02 Å². The number of nitrogens with zero attached hydrogens (tertiary/aromatic N) is 2. The summed E-state index contributed by atoms with van der Waals surface area (Å²) in [5.41, 5.74) is 0.551. The fourth-order valence-corrected chi connectivity index (χ4v) is 3.74. The van der Waals surface area contributed by atoms with Gasteiger partial charge in [0.2, 0.25) is 5.89 Å². The number of hydrogen-bond donors (Lipinski definition) is 3. The molecule has 1 fully saturated rings. The maximum absolute atomic E-state index is 12.1. The summed E-state index contributed by atoms with van der Waals surface area (Å²) in [5, 5.41) is 8.13. The average molecular weight is 426 g/mol. The van der Waals surface area contributed by atoms with E-state index in [1.54, 1.807) is 10.7 Å². The lowest BCUT2D eigenvalue weighted by Gasteiger charge is -2.30. The Bertz CT molecular complexity index is 881. The van der Waals surface area contributed by atoms with E-state index in [1.807, 2.05) is 39.0 Å². The molecule has 7 nitrogen and oxygen atoms in total. The number of carbonyl (C=O) groups excluding carboxylic acids is 1. The van der Waals surface area contributed by atoms with Crippen molar-refractivity contribution in [3.63, 3.8) is 0 Å². The van der Waals surface area contributed by atoms with Crippen molar-refractivity contribution < 1.29 is 19.0 Å². The smallest absolute Gasteiger partial charge is 0.292 e. The summed E-state index contributed by atoms with van der Waals surface area (Å²) >= 11 is 11.6. The molecule has 9 heteroatoms. The predicted molar refractivity (Wildman–Crippen MR) is 110 cm³/mol. The Hall–Kier alpha value is -1.74. The summed E-state index contributed by atoms with van der Waals surface area (Å²) in [7, 11) is 0. The van der Waals surface area contributed by atoms with Crippen LogP contribution in [0.3, 0.4) is 0 Å². The number of amides is 1. The number of aromatic nitrogens is 2. The van der Waals surface area contributed by atoms with Crippen molar-refractivity contribution in [2.24, 2.45) is 0 Å². The number of nitrogens with one attached hydrogen (secondary N) is 3. The average Bonchev–Trinajstić information content (AvgIpc) is 2.96. The highest BCUT2D eigenvalue weighted by atomic mass is 35.5. The van der Waals surface area contributed by atoms with Crippen molar-refractivity contribution in [2.45, 2.75) is 33.0 Å². The summed E-state index contributed by atoms with van der Waals surface area (Å²) in [6, 6.07) is 7.43. The summed E-state index contributed by atoms with van der Waals surface area (Å²) in [4.78, 5) is 15.1. The van der Waals surface area contributed by atoms with Crippen molar-refractivity contribution in [1.82, 2.24) is 15.1 Å². The molecule has 1 aliphatic heterocycles. The van der Waals surface area contributed by atoms with Gasteiger partial charge in [-0.05, 0) is 45.1 Å². The molecule has 3 rings (SSSR count). The van der Waals surface area contributed by atoms with E-state index in [2.05, 4.69) is 10.4 Å². The van der Waals surface area contributed by atoms with Crippen LogP contribution in [-0.4, -0.2) is 54.0 Å². The molecule has 1 aromatic carbocycles. The minimum atomic E-state index is -0.188. The summed E-state index contributed by atoms with van der Waals surface area (Å²) in [5.74, 6) is 0.548. The van der Waals surface area contributed by atoms with Crippen molar-refractivity contribution >= 4 is 29.7 Å². The van der Waals surface area contributed by atoms with Gasteiger partial charge in [-0.25, -0.2) is 0 Å². The first kappa shape index (κ1) is 21.0. The topological polar surface area (TPSA) is 68.9 Å². The molecule has 0 spiro atoms. The van der Waals surface area contributed by atoms with E-state index in [0.717, 1.165) is 31.7 Å². The van der Waals surface area contributed by atoms with Gasteiger partial charge in [0.1, 0.15) is 26.2 Å². The second-order valence-electron chi connectivity index (χ2n) is 8.29. The van der Waals surface area contributed by atoms with Crippen LogP contribution in [0.25, 0.3) is 11.5 Å². The molecule has 1 saturated heterocycles. The molecule has 0 atom stereocenters. The molecule has 2 aromatic rings. The van der Waals surface area contributed by atoms with Crippen molar-refractivity contribution in [3.05, 3.63) is 34.1 Å². The Morgan fingerprint density at radius 2 is 1.89 bits per heavy atom. The van der Waals surface area contributed by atoms with Gasteiger partial charge in [0, 0.05) is 5.54 Å². The van der Waals surface area contributed by atoms with E-state index < -0.39 is 0 Å². The van der Waals surface area contributed by atoms with E-state index in [1.165, 1.54) is 9.80 Å². The number of rotatable bonds is 5. The molecule has 0 aliphatic carbocycles. The fourth-order valence-electron chi connectivity index (χ4n) is 3.34. The van der Waals surface area contributed by atoms with Crippen molar-refractivity contribution in [3.8, 4) is 11.5 Å². The molecule has 1 amide bonds. The van der Waals surface area contributed by atoms with E-state index in [0.29, 0.717) is 29.0 Å². The predicted octanol–water partition coefficient (Wildman–Crippen LogP) is 0.182. The van der Waals surface area contributed by atoms with Crippen LogP contribution in [0.1, 0.15) is 20.8 Å².